The second-order valence-electron chi connectivity index (χ2n) is 9.17. The van der Waals surface area contributed by atoms with Crippen molar-refractivity contribution in [1.29, 1.82) is 0 Å². The molecule has 2 amide bonds. The summed E-state index contributed by atoms with van der Waals surface area (Å²) in [7, 11) is -4.23. The predicted octanol–water partition coefficient (Wildman–Crippen LogP) is 6.83. The second kappa shape index (κ2) is 13.9. The zero-order valence-electron chi connectivity index (χ0n) is 22.1. The van der Waals surface area contributed by atoms with Crippen molar-refractivity contribution >= 4 is 73.9 Å². The number of benzene rings is 3. The van der Waals surface area contributed by atoms with Gasteiger partial charge in [-0.1, -0.05) is 77.6 Å². The summed E-state index contributed by atoms with van der Waals surface area (Å²) in [4.78, 5) is 28.3. The third-order valence-electron chi connectivity index (χ3n) is 6.33. The quantitative estimate of drug-likeness (QED) is 0.248. The van der Waals surface area contributed by atoms with E-state index in [1.807, 2.05) is 13.8 Å². The lowest BCUT2D eigenvalue weighted by molar-refractivity contribution is -0.139. The van der Waals surface area contributed by atoms with Crippen molar-refractivity contribution in [2.45, 2.75) is 50.7 Å². The minimum atomic E-state index is -4.23. The molecule has 12 heteroatoms. The Bertz CT molecular complexity index is 1470. The molecule has 3 aromatic carbocycles. The summed E-state index contributed by atoms with van der Waals surface area (Å²) >= 11 is 24.7. The number of hydrogen-bond acceptors (Lipinski definition) is 4. The number of amides is 2. The van der Waals surface area contributed by atoms with Gasteiger partial charge in [-0.05, 0) is 68.3 Å². The Morgan fingerprint density at radius 2 is 1.55 bits per heavy atom. The number of sulfonamides is 1. The fourth-order valence-corrected chi connectivity index (χ4v) is 5.96. The van der Waals surface area contributed by atoms with E-state index in [1.165, 1.54) is 41.3 Å². The number of carbonyl (C=O) groups excluding carboxylic acids is 2. The number of anilines is 1. The van der Waals surface area contributed by atoms with Crippen LogP contribution in [-0.2, 0) is 26.2 Å². The van der Waals surface area contributed by atoms with Gasteiger partial charge in [-0.25, -0.2) is 8.42 Å². The van der Waals surface area contributed by atoms with E-state index >= 15 is 0 Å². The van der Waals surface area contributed by atoms with Crippen LogP contribution >= 0.6 is 46.4 Å². The molecule has 0 aliphatic rings. The maximum Gasteiger partial charge on any atom is 0.264 e. The molecule has 40 heavy (non-hydrogen) atoms. The van der Waals surface area contributed by atoms with Crippen molar-refractivity contribution in [1.82, 2.24) is 10.2 Å². The molecule has 0 bridgehead atoms. The number of halogens is 4. The minimum Gasteiger partial charge on any atom is -0.352 e. The van der Waals surface area contributed by atoms with Crippen LogP contribution in [-0.4, -0.2) is 43.8 Å². The molecule has 0 saturated heterocycles. The molecule has 0 saturated carbocycles. The number of nitrogens with one attached hydrogen (secondary N) is 1. The molecule has 214 valence electrons. The molecule has 0 fully saturated rings. The average molecular weight is 645 g/mol. The summed E-state index contributed by atoms with van der Waals surface area (Å²) in [5.41, 5.74) is 0.669. The first kappa shape index (κ1) is 32.0. The Morgan fingerprint density at radius 3 is 2.15 bits per heavy atom. The largest absolute Gasteiger partial charge is 0.352 e. The normalized spacial score (nSPS) is 12.9. The van der Waals surface area contributed by atoms with Gasteiger partial charge < -0.3 is 10.2 Å². The summed E-state index contributed by atoms with van der Waals surface area (Å²) < 4.78 is 28.5. The van der Waals surface area contributed by atoms with Crippen molar-refractivity contribution < 1.29 is 18.0 Å². The first-order valence-electron chi connectivity index (χ1n) is 12.4. The van der Waals surface area contributed by atoms with E-state index in [2.05, 4.69) is 5.32 Å². The van der Waals surface area contributed by atoms with Gasteiger partial charge in [0.05, 0.1) is 20.6 Å². The molecule has 3 rings (SSSR count). The molecular weight excluding hydrogens is 616 g/mol. The summed E-state index contributed by atoms with van der Waals surface area (Å²) in [6, 6.07) is 15.7. The Labute approximate surface area is 255 Å². The summed E-state index contributed by atoms with van der Waals surface area (Å²) in [6.07, 6.45) is 0.690. The van der Waals surface area contributed by atoms with Crippen molar-refractivity contribution in [3.8, 4) is 0 Å². The van der Waals surface area contributed by atoms with E-state index in [-0.39, 0.29) is 39.1 Å². The molecule has 0 spiro atoms. The minimum absolute atomic E-state index is 0.0243. The van der Waals surface area contributed by atoms with E-state index in [0.717, 1.165) is 4.31 Å². The smallest absolute Gasteiger partial charge is 0.264 e. The van der Waals surface area contributed by atoms with E-state index in [4.69, 9.17) is 46.4 Å². The van der Waals surface area contributed by atoms with Crippen LogP contribution in [0.2, 0.25) is 20.1 Å². The summed E-state index contributed by atoms with van der Waals surface area (Å²) in [6.45, 7) is 4.67. The highest BCUT2D eigenvalue weighted by molar-refractivity contribution is 7.92. The predicted molar refractivity (Wildman–Crippen MR) is 162 cm³/mol. The lowest BCUT2D eigenvalue weighted by Crippen LogP contribution is -2.52. The van der Waals surface area contributed by atoms with Crippen LogP contribution in [0.1, 0.15) is 32.8 Å². The van der Waals surface area contributed by atoms with E-state index in [0.29, 0.717) is 22.0 Å². The Balaban J connectivity index is 2.06. The first-order chi connectivity index (χ1) is 18.8. The van der Waals surface area contributed by atoms with E-state index < -0.39 is 28.5 Å². The highest BCUT2D eigenvalue weighted by Gasteiger charge is 2.33. The summed E-state index contributed by atoms with van der Waals surface area (Å²) in [5, 5.41) is 3.93. The van der Waals surface area contributed by atoms with Gasteiger partial charge >= 0.3 is 0 Å². The second-order valence-corrected chi connectivity index (χ2v) is 12.7. The van der Waals surface area contributed by atoms with Gasteiger partial charge in [-0.3, -0.25) is 13.9 Å². The lowest BCUT2D eigenvalue weighted by atomic mass is 10.1. The van der Waals surface area contributed by atoms with Gasteiger partial charge in [-0.2, -0.15) is 0 Å². The van der Waals surface area contributed by atoms with Crippen molar-refractivity contribution in [2.24, 2.45) is 0 Å². The molecule has 0 aromatic heterocycles. The van der Waals surface area contributed by atoms with Crippen LogP contribution in [0.15, 0.2) is 71.6 Å². The Morgan fingerprint density at radius 1 is 0.875 bits per heavy atom. The van der Waals surface area contributed by atoms with E-state index in [1.54, 1.807) is 37.3 Å². The average Bonchev–Trinajstić information content (AvgIpc) is 2.92. The van der Waals surface area contributed by atoms with Crippen LogP contribution in [0.3, 0.4) is 0 Å². The van der Waals surface area contributed by atoms with Crippen molar-refractivity contribution in [3.05, 3.63) is 92.4 Å². The van der Waals surface area contributed by atoms with Crippen LogP contribution < -0.4 is 9.62 Å². The molecule has 0 aliphatic heterocycles. The van der Waals surface area contributed by atoms with Crippen LogP contribution in [0.5, 0.6) is 0 Å². The molecular formula is C28H29Cl4N3O4S. The lowest BCUT2D eigenvalue weighted by Gasteiger charge is -2.32. The molecule has 7 nitrogen and oxygen atoms in total. The SMILES string of the molecule is CC[C@@H](C)NC(=O)[C@H](C)N(Cc1ccc(Cl)cc1Cl)C(=O)CN(c1ccc(Cl)c(Cl)c1)S(=O)(=O)c1ccccc1. The highest BCUT2D eigenvalue weighted by atomic mass is 35.5. The number of rotatable bonds is 11. The highest BCUT2D eigenvalue weighted by Crippen LogP contribution is 2.31. The molecule has 0 unspecified atom stereocenters. The number of nitrogens with zero attached hydrogens (tertiary/aromatic N) is 2. The van der Waals surface area contributed by atoms with Crippen LogP contribution in [0.4, 0.5) is 5.69 Å². The van der Waals surface area contributed by atoms with Crippen LogP contribution in [0, 0.1) is 0 Å². The number of carbonyl (C=O) groups is 2. The monoisotopic (exact) mass is 643 g/mol. The maximum absolute atomic E-state index is 14.0. The molecule has 3 aromatic rings. The fourth-order valence-electron chi connectivity index (χ4n) is 3.77. The van der Waals surface area contributed by atoms with Crippen LogP contribution in [0.25, 0.3) is 0 Å². The van der Waals surface area contributed by atoms with Gasteiger partial charge in [0.25, 0.3) is 10.0 Å². The van der Waals surface area contributed by atoms with Gasteiger partial charge in [0.15, 0.2) is 0 Å². The van der Waals surface area contributed by atoms with Gasteiger partial charge in [0, 0.05) is 22.6 Å². The standard InChI is InChI=1S/C28H29Cl4N3O4S/c1-4-18(2)33-28(37)19(3)34(16-20-10-11-21(29)14-25(20)31)27(36)17-35(22-12-13-24(30)26(32)15-22)40(38,39)23-8-6-5-7-9-23/h5-15,18-19H,4,16-17H2,1-3H3,(H,33,37)/t18-,19+/m1/s1. The van der Waals surface area contributed by atoms with Gasteiger partial charge in [-0.15, -0.1) is 0 Å². The molecule has 0 heterocycles. The third kappa shape index (κ3) is 7.83. The fraction of sp³-hybridized carbons (Fsp3) is 0.286. The molecule has 1 N–H and O–H groups in total. The third-order valence-corrected chi connectivity index (χ3v) is 9.44. The molecule has 0 aliphatic carbocycles. The topological polar surface area (TPSA) is 86.8 Å². The summed E-state index contributed by atoms with van der Waals surface area (Å²) in [5.74, 6) is -1.02. The van der Waals surface area contributed by atoms with Gasteiger partial charge in [0.2, 0.25) is 11.8 Å². The van der Waals surface area contributed by atoms with Crippen molar-refractivity contribution in [2.75, 3.05) is 10.8 Å². The molecule has 2 atom stereocenters. The Hall–Kier alpha value is -2.49. The zero-order valence-corrected chi connectivity index (χ0v) is 25.9. The molecule has 0 radical (unpaired) electrons. The number of hydrogen-bond donors (Lipinski definition) is 1. The maximum atomic E-state index is 14.0. The van der Waals surface area contributed by atoms with E-state index in [9.17, 15) is 18.0 Å². The zero-order chi connectivity index (χ0) is 29.6. The first-order valence-corrected chi connectivity index (χ1v) is 15.4. The Kier molecular flexibility index (Phi) is 11.1. The van der Waals surface area contributed by atoms with Crippen molar-refractivity contribution in [3.63, 3.8) is 0 Å². The van der Waals surface area contributed by atoms with Gasteiger partial charge in [0.1, 0.15) is 12.6 Å².